The van der Waals surface area contributed by atoms with E-state index in [9.17, 15) is 57.8 Å². The van der Waals surface area contributed by atoms with Crippen LogP contribution < -0.4 is 38.9 Å². The van der Waals surface area contributed by atoms with Crippen LogP contribution >= 0.6 is 0 Å². The number of carboxylic acid groups (broad SMARTS) is 1. The van der Waals surface area contributed by atoms with Crippen LogP contribution in [0.2, 0.25) is 0 Å². The molecule has 4 rings (SSSR count). The second-order valence-corrected chi connectivity index (χ2v) is 17.1. The zero-order chi connectivity index (χ0) is 46.7. The number of likely N-dealkylation sites (tertiary alicyclic amines) is 4. The number of hydrogen-bond donors (Lipinski definition) is 8. The Kier molecular flexibility index (Phi) is 17.8. The largest absolute Gasteiger partial charge is 0.480 e. The van der Waals surface area contributed by atoms with Gasteiger partial charge in [0, 0.05) is 45.4 Å². The Hall–Kier alpha value is -5.87. The van der Waals surface area contributed by atoms with Crippen molar-refractivity contribution in [2.24, 2.45) is 28.9 Å². The smallest absolute Gasteiger partial charge is 0.326 e. The second-order valence-electron chi connectivity index (χ2n) is 17.1. The van der Waals surface area contributed by atoms with E-state index >= 15 is 0 Å². The van der Waals surface area contributed by atoms with Crippen LogP contribution in [-0.4, -0.2) is 164 Å². The van der Waals surface area contributed by atoms with Gasteiger partial charge < -0.3 is 63.6 Å². The number of carbonyl (C=O) groups is 11. The molecule has 0 aliphatic carbocycles. The van der Waals surface area contributed by atoms with Crippen LogP contribution in [0.4, 0.5) is 0 Å². The van der Waals surface area contributed by atoms with Crippen molar-refractivity contribution >= 4 is 65.0 Å². The molecule has 0 radical (unpaired) electrons. The molecule has 12 N–H and O–H groups in total. The van der Waals surface area contributed by atoms with Crippen molar-refractivity contribution in [1.82, 2.24) is 35.6 Å². The maximum Gasteiger partial charge on any atom is 0.326 e. The molecule has 0 spiro atoms. The van der Waals surface area contributed by atoms with E-state index < -0.39 is 119 Å². The molecule has 23 nitrogen and oxygen atoms in total. The Balaban J connectivity index is 1.44. The number of primary amides is 3. The fraction of sp³-hybridized carbons (Fsp3) is 0.725. The van der Waals surface area contributed by atoms with Crippen LogP contribution in [0.5, 0.6) is 0 Å². The first kappa shape index (κ1) is 49.8. The van der Waals surface area contributed by atoms with Gasteiger partial charge >= 0.3 is 5.97 Å². The van der Waals surface area contributed by atoms with Crippen molar-refractivity contribution in [3.8, 4) is 0 Å². The lowest BCUT2D eigenvalue weighted by atomic mass is 10.0. The third kappa shape index (κ3) is 12.9. The monoisotopic (exact) mass is 889 g/mol. The summed E-state index contributed by atoms with van der Waals surface area (Å²) in [4.78, 5) is 148. The van der Waals surface area contributed by atoms with Gasteiger partial charge in [0.1, 0.15) is 42.3 Å². The van der Waals surface area contributed by atoms with Crippen LogP contribution in [0.15, 0.2) is 0 Å². The summed E-state index contributed by atoms with van der Waals surface area (Å²) in [6.45, 7) is 4.20. The molecule has 0 unspecified atom stereocenters. The first-order valence-electron chi connectivity index (χ1n) is 21.7. The minimum absolute atomic E-state index is 0.0825. The molecule has 4 aliphatic rings. The lowest BCUT2D eigenvalue weighted by Gasteiger charge is -2.35. The number of carboxylic acids is 1. The van der Waals surface area contributed by atoms with Gasteiger partial charge in [-0.1, -0.05) is 13.8 Å². The van der Waals surface area contributed by atoms with E-state index in [1.54, 1.807) is 13.8 Å². The van der Waals surface area contributed by atoms with Crippen LogP contribution in [0.25, 0.3) is 0 Å². The zero-order valence-electron chi connectivity index (χ0n) is 36.0. The number of aliphatic carboxylic acids is 1. The summed E-state index contributed by atoms with van der Waals surface area (Å²) in [5.41, 5.74) is 21.6. The van der Waals surface area contributed by atoms with Crippen molar-refractivity contribution in [2.75, 3.05) is 26.2 Å². The minimum Gasteiger partial charge on any atom is -0.480 e. The Morgan fingerprint density at radius 3 is 1.38 bits per heavy atom. The summed E-state index contributed by atoms with van der Waals surface area (Å²) >= 11 is 0. The van der Waals surface area contributed by atoms with Crippen molar-refractivity contribution in [3.63, 3.8) is 0 Å². The molecule has 0 aromatic carbocycles. The standard InChI is InChI=1S/C40H63N11O12/c1-21(2)32(39(61)51-20-6-10-28(51)38(60)48-17-3-7-25(48)34(56)46-24(40(62)63)13-16-31(44)54)47-35(57)26-8-4-18-49(26)37(59)27-9-5-19-50(27)36(58)23(12-15-30(43)53)45-33(55)22(41)11-14-29(42)52/h21-28,32H,3-20,41H2,1-2H3,(H2,42,52)(H2,43,53)(H2,44,54)(H,45,55)(H,46,56)(H,47,57)(H,62,63)/t22-,23-,24-,25-,26-,27-,28-,32-/m0/s1. The van der Waals surface area contributed by atoms with E-state index in [0.29, 0.717) is 32.1 Å². The number of amides is 10. The summed E-state index contributed by atoms with van der Waals surface area (Å²) in [6.07, 6.45) is 1.71. The average Bonchev–Trinajstić information content (AvgIpc) is 4.07. The first-order valence-corrected chi connectivity index (χ1v) is 21.7. The van der Waals surface area contributed by atoms with Crippen LogP contribution in [-0.2, 0) is 52.7 Å². The van der Waals surface area contributed by atoms with E-state index in [-0.39, 0.29) is 84.0 Å². The highest BCUT2D eigenvalue weighted by molar-refractivity contribution is 5.98. The van der Waals surface area contributed by atoms with E-state index in [4.69, 9.17) is 22.9 Å². The summed E-state index contributed by atoms with van der Waals surface area (Å²) in [5, 5.41) is 17.4. The minimum atomic E-state index is -1.40. The average molecular weight is 890 g/mol. The highest BCUT2D eigenvalue weighted by atomic mass is 16.4. The van der Waals surface area contributed by atoms with Gasteiger partial charge in [-0.3, -0.25) is 47.9 Å². The lowest BCUT2D eigenvalue weighted by Crippen LogP contribution is -2.60. The van der Waals surface area contributed by atoms with Gasteiger partial charge in [0.25, 0.3) is 0 Å². The number of rotatable bonds is 21. The van der Waals surface area contributed by atoms with E-state index in [1.165, 1.54) is 19.6 Å². The normalized spacial score (nSPS) is 22.9. The molecule has 350 valence electrons. The van der Waals surface area contributed by atoms with Crippen LogP contribution in [0, 0.1) is 5.92 Å². The molecule has 0 bridgehead atoms. The lowest BCUT2D eigenvalue weighted by molar-refractivity contribution is -0.150. The fourth-order valence-electron chi connectivity index (χ4n) is 8.77. The van der Waals surface area contributed by atoms with Crippen molar-refractivity contribution in [2.45, 2.75) is 152 Å². The molecule has 63 heavy (non-hydrogen) atoms. The number of nitrogens with two attached hydrogens (primary N) is 4. The number of carbonyl (C=O) groups excluding carboxylic acids is 10. The molecular formula is C40H63N11O12. The number of nitrogens with zero attached hydrogens (tertiary/aromatic N) is 4. The molecule has 4 heterocycles. The zero-order valence-corrected chi connectivity index (χ0v) is 36.0. The summed E-state index contributed by atoms with van der Waals surface area (Å²) in [7, 11) is 0. The number of nitrogens with one attached hydrogen (secondary N) is 3. The SMILES string of the molecule is CC(C)[C@H](NC(=O)[C@@H]1CCCN1C(=O)[C@@H]1CCCN1C(=O)[C@H](CCC(N)=O)NC(=O)[C@@H](N)CCC(N)=O)C(=O)N1CCC[C@H]1C(=O)N1CCC[C@H]1C(=O)N[C@@H](CCC(N)=O)C(=O)O. The van der Waals surface area contributed by atoms with Gasteiger partial charge in [0.15, 0.2) is 0 Å². The fourth-order valence-corrected chi connectivity index (χ4v) is 8.77. The molecular weight excluding hydrogens is 827 g/mol. The molecule has 0 aromatic rings. The summed E-state index contributed by atoms with van der Waals surface area (Å²) in [5.74, 6) is -8.14. The quantitative estimate of drug-likeness (QED) is 0.0550. The maximum absolute atomic E-state index is 14.3. The van der Waals surface area contributed by atoms with E-state index in [1.807, 2.05) is 0 Å². The topological polar surface area (TPSA) is 361 Å². The molecule has 0 saturated carbocycles. The second kappa shape index (κ2) is 22.5. The number of hydrogen-bond acceptors (Lipinski definition) is 12. The van der Waals surface area contributed by atoms with Gasteiger partial charge in [-0.05, 0) is 76.5 Å². The molecule has 4 saturated heterocycles. The Labute approximate surface area is 365 Å². The molecule has 4 fully saturated rings. The predicted molar refractivity (Wildman–Crippen MR) is 220 cm³/mol. The summed E-state index contributed by atoms with van der Waals surface area (Å²) in [6, 6.07) is -8.89. The van der Waals surface area contributed by atoms with Crippen molar-refractivity contribution in [3.05, 3.63) is 0 Å². The van der Waals surface area contributed by atoms with E-state index in [2.05, 4.69) is 16.0 Å². The third-order valence-electron chi connectivity index (χ3n) is 12.2. The molecule has 8 atom stereocenters. The molecule has 10 amide bonds. The molecule has 0 aromatic heterocycles. The van der Waals surface area contributed by atoms with Gasteiger partial charge in [-0.15, -0.1) is 0 Å². The molecule has 4 aliphatic heterocycles. The Bertz CT molecular complexity index is 1790. The Morgan fingerprint density at radius 2 is 0.937 bits per heavy atom. The first-order chi connectivity index (χ1) is 29.7. The highest BCUT2D eigenvalue weighted by Crippen LogP contribution is 2.29. The van der Waals surface area contributed by atoms with Crippen LogP contribution in [0.3, 0.4) is 0 Å². The van der Waals surface area contributed by atoms with Crippen LogP contribution in [0.1, 0.15) is 104 Å². The van der Waals surface area contributed by atoms with Crippen molar-refractivity contribution in [1.29, 1.82) is 0 Å². The highest BCUT2D eigenvalue weighted by Gasteiger charge is 2.47. The van der Waals surface area contributed by atoms with Gasteiger partial charge in [0.05, 0.1) is 6.04 Å². The summed E-state index contributed by atoms with van der Waals surface area (Å²) < 4.78 is 0. The van der Waals surface area contributed by atoms with Gasteiger partial charge in [-0.25, -0.2) is 4.79 Å². The van der Waals surface area contributed by atoms with Gasteiger partial charge in [-0.2, -0.15) is 0 Å². The third-order valence-corrected chi connectivity index (χ3v) is 12.2. The van der Waals surface area contributed by atoms with Crippen molar-refractivity contribution < 1.29 is 57.8 Å². The van der Waals surface area contributed by atoms with E-state index in [0.717, 1.165) is 0 Å². The van der Waals surface area contributed by atoms with Gasteiger partial charge in [0.2, 0.25) is 59.1 Å². The molecule has 23 heteroatoms. The predicted octanol–water partition coefficient (Wildman–Crippen LogP) is -3.73. The Morgan fingerprint density at radius 1 is 0.540 bits per heavy atom. The maximum atomic E-state index is 14.3.